The van der Waals surface area contributed by atoms with E-state index in [1.807, 2.05) is 30.3 Å². The van der Waals surface area contributed by atoms with E-state index in [0.29, 0.717) is 18.6 Å². The highest BCUT2D eigenvalue weighted by Gasteiger charge is 2.35. The Balaban J connectivity index is 1.58. The fourth-order valence-electron chi connectivity index (χ4n) is 2.05. The number of rotatable bonds is 7. The molecular formula is C14H20O2S. The number of para-hydroxylation sites is 1. The highest BCUT2D eigenvalue weighted by Crippen LogP contribution is 2.41. The summed E-state index contributed by atoms with van der Waals surface area (Å²) in [7, 11) is 0. The van der Waals surface area contributed by atoms with E-state index in [1.54, 1.807) is 0 Å². The van der Waals surface area contributed by atoms with Crippen LogP contribution in [0.5, 0.6) is 5.75 Å². The van der Waals surface area contributed by atoms with Gasteiger partial charge >= 0.3 is 0 Å². The van der Waals surface area contributed by atoms with Crippen molar-refractivity contribution in [2.24, 2.45) is 5.41 Å². The third-order valence-corrected chi connectivity index (χ3v) is 4.07. The lowest BCUT2D eigenvalue weighted by atomic mass is 9.71. The highest BCUT2D eigenvalue weighted by molar-refractivity contribution is 7.80. The lowest BCUT2D eigenvalue weighted by molar-refractivity contribution is 0.000267. The third kappa shape index (κ3) is 3.65. The molecule has 2 rings (SSSR count). The van der Waals surface area contributed by atoms with Crippen molar-refractivity contribution >= 4 is 12.6 Å². The van der Waals surface area contributed by atoms with Gasteiger partial charge < -0.3 is 9.47 Å². The van der Waals surface area contributed by atoms with E-state index in [1.165, 1.54) is 19.3 Å². The zero-order valence-electron chi connectivity index (χ0n) is 10.1. The van der Waals surface area contributed by atoms with E-state index < -0.39 is 0 Å². The zero-order valence-corrected chi connectivity index (χ0v) is 11.0. The van der Waals surface area contributed by atoms with Crippen molar-refractivity contribution in [3.8, 4) is 5.75 Å². The fraction of sp³-hybridized carbons (Fsp3) is 0.571. The van der Waals surface area contributed by atoms with Gasteiger partial charge in [-0.25, -0.2) is 0 Å². The van der Waals surface area contributed by atoms with E-state index in [9.17, 15) is 0 Å². The molecule has 0 spiro atoms. The van der Waals surface area contributed by atoms with Crippen LogP contribution < -0.4 is 4.74 Å². The summed E-state index contributed by atoms with van der Waals surface area (Å²) in [4.78, 5) is 0. The van der Waals surface area contributed by atoms with E-state index in [2.05, 4.69) is 12.6 Å². The van der Waals surface area contributed by atoms with Crippen molar-refractivity contribution in [2.45, 2.75) is 19.3 Å². The largest absolute Gasteiger partial charge is 0.491 e. The minimum atomic E-state index is 0.357. The SMILES string of the molecule is SCC1(COCCOc2ccccc2)CCC1. The molecule has 0 amide bonds. The lowest BCUT2D eigenvalue weighted by Crippen LogP contribution is -2.36. The molecule has 0 heterocycles. The van der Waals surface area contributed by atoms with Crippen LogP contribution in [-0.2, 0) is 4.74 Å². The Kier molecular flexibility index (Phi) is 4.75. The molecule has 0 unspecified atom stereocenters. The van der Waals surface area contributed by atoms with Crippen LogP contribution in [0.25, 0.3) is 0 Å². The molecule has 1 aliphatic carbocycles. The molecule has 1 aromatic carbocycles. The minimum absolute atomic E-state index is 0.357. The van der Waals surface area contributed by atoms with Gasteiger partial charge in [-0.05, 0) is 30.7 Å². The smallest absolute Gasteiger partial charge is 0.119 e. The van der Waals surface area contributed by atoms with E-state index in [0.717, 1.165) is 18.1 Å². The van der Waals surface area contributed by atoms with Gasteiger partial charge in [0, 0.05) is 5.41 Å². The van der Waals surface area contributed by atoms with E-state index in [-0.39, 0.29) is 0 Å². The van der Waals surface area contributed by atoms with Crippen molar-refractivity contribution in [1.82, 2.24) is 0 Å². The number of hydrogen-bond donors (Lipinski definition) is 1. The average molecular weight is 252 g/mol. The molecule has 1 fully saturated rings. The predicted octanol–water partition coefficient (Wildman–Crippen LogP) is 3.18. The number of thiol groups is 1. The maximum atomic E-state index is 5.68. The first-order chi connectivity index (χ1) is 8.35. The van der Waals surface area contributed by atoms with Crippen LogP contribution in [0.3, 0.4) is 0 Å². The van der Waals surface area contributed by atoms with Gasteiger partial charge in [-0.15, -0.1) is 0 Å². The normalized spacial score (nSPS) is 17.5. The maximum absolute atomic E-state index is 5.68. The van der Waals surface area contributed by atoms with Gasteiger partial charge in [0.2, 0.25) is 0 Å². The van der Waals surface area contributed by atoms with Crippen LogP contribution in [0.2, 0.25) is 0 Å². The Morgan fingerprint density at radius 2 is 1.88 bits per heavy atom. The predicted molar refractivity (Wildman–Crippen MR) is 72.9 cm³/mol. The molecule has 0 aromatic heterocycles. The van der Waals surface area contributed by atoms with Crippen LogP contribution in [0, 0.1) is 5.41 Å². The first kappa shape index (κ1) is 12.8. The fourth-order valence-corrected chi connectivity index (χ4v) is 2.46. The molecule has 1 aromatic rings. The van der Waals surface area contributed by atoms with Crippen LogP contribution in [-0.4, -0.2) is 25.6 Å². The molecule has 0 atom stereocenters. The second-order valence-corrected chi connectivity index (χ2v) is 5.04. The summed E-state index contributed by atoms with van der Waals surface area (Å²) in [6.07, 6.45) is 3.84. The number of ether oxygens (including phenoxy) is 2. The van der Waals surface area contributed by atoms with Crippen molar-refractivity contribution in [3.05, 3.63) is 30.3 Å². The van der Waals surface area contributed by atoms with Gasteiger partial charge in [0.05, 0.1) is 13.2 Å². The summed E-state index contributed by atoms with van der Waals surface area (Å²) >= 11 is 4.40. The Hall–Kier alpha value is -0.670. The van der Waals surface area contributed by atoms with Crippen molar-refractivity contribution in [1.29, 1.82) is 0 Å². The van der Waals surface area contributed by atoms with Gasteiger partial charge in [0.25, 0.3) is 0 Å². The zero-order chi connectivity index (χ0) is 12.0. The van der Waals surface area contributed by atoms with Crippen LogP contribution in [0.1, 0.15) is 19.3 Å². The summed E-state index contributed by atoms with van der Waals surface area (Å²) in [6.45, 7) is 2.10. The maximum Gasteiger partial charge on any atom is 0.119 e. The monoisotopic (exact) mass is 252 g/mol. The lowest BCUT2D eigenvalue weighted by Gasteiger charge is -2.40. The minimum Gasteiger partial charge on any atom is -0.491 e. The molecule has 0 aliphatic heterocycles. The van der Waals surface area contributed by atoms with E-state index in [4.69, 9.17) is 9.47 Å². The second kappa shape index (κ2) is 6.31. The Morgan fingerprint density at radius 3 is 2.47 bits per heavy atom. The molecule has 1 saturated carbocycles. The van der Waals surface area contributed by atoms with Gasteiger partial charge in [-0.3, -0.25) is 0 Å². The quantitative estimate of drug-likeness (QED) is 0.593. The summed E-state index contributed by atoms with van der Waals surface area (Å²) < 4.78 is 11.2. The van der Waals surface area contributed by atoms with Gasteiger partial charge in [0.15, 0.2) is 0 Å². The van der Waals surface area contributed by atoms with E-state index >= 15 is 0 Å². The summed E-state index contributed by atoms with van der Waals surface area (Å²) in [5.74, 6) is 1.84. The molecule has 94 valence electrons. The molecule has 0 N–H and O–H groups in total. The number of hydrogen-bond acceptors (Lipinski definition) is 3. The van der Waals surface area contributed by atoms with Crippen LogP contribution in [0.15, 0.2) is 30.3 Å². The standard InChI is InChI=1S/C14H20O2S/c17-12-14(7-4-8-14)11-15-9-10-16-13-5-2-1-3-6-13/h1-3,5-6,17H,4,7-12H2. The second-order valence-electron chi connectivity index (χ2n) is 4.73. The molecular weight excluding hydrogens is 232 g/mol. The molecule has 0 saturated heterocycles. The van der Waals surface area contributed by atoms with Gasteiger partial charge in [0.1, 0.15) is 12.4 Å². The Labute approximate surface area is 109 Å². The molecule has 3 heteroatoms. The summed E-state index contributed by atoms with van der Waals surface area (Å²) in [6, 6.07) is 9.85. The Bertz CT molecular complexity index is 317. The summed E-state index contributed by atoms with van der Waals surface area (Å²) in [5, 5.41) is 0. The van der Waals surface area contributed by atoms with Crippen molar-refractivity contribution in [2.75, 3.05) is 25.6 Å². The van der Waals surface area contributed by atoms with Crippen molar-refractivity contribution in [3.63, 3.8) is 0 Å². The highest BCUT2D eigenvalue weighted by atomic mass is 32.1. The third-order valence-electron chi connectivity index (χ3n) is 3.40. The molecule has 0 radical (unpaired) electrons. The first-order valence-corrected chi connectivity index (χ1v) is 6.84. The first-order valence-electron chi connectivity index (χ1n) is 6.21. The molecule has 17 heavy (non-hydrogen) atoms. The van der Waals surface area contributed by atoms with Gasteiger partial charge in [-0.1, -0.05) is 24.6 Å². The van der Waals surface area contributed by atoms with Crippen LogP contribution in [0.4, 0.5) is 0 Å². The van der Waals surface area contributed by atoms with Crippen LogP contribution >= 0.6 is 12.6 Å². The Morgan fingerprint density at radius 1 is 1.12 bits per heavy atom. The summed E-state index contributed by atoms with van der Waals surface area (Å²) in [5.41, 5.74) is 0.357. The molecule has 2 nitrogen and oxygen atoms in total. The molecule has 0 bridgehead atoms. The number of benzene rings is 1. The average Bonchev–Trinajstić information content (AvgIpc) is 2.33. The topological polar surface area (TPSA) is 18.5 Å². The molecule has 1 aliphatic rings. The van der Waals surface area contributed by atoms with Crippen molar-refractivity contribution < 1.29 is 9.47 Å². The van der Waals surface area contributed by atoms with Gasteiger partial charge in [-0.2, -0.15) is 12.6 Å².